The van der Waals surface area contributed by atoms with Crippen molar-refractivity contribution >= 4 is 0 Å². The van der Waals surface area contributed by atoms with Gasteiger partial charge in [-0.15, -0.1) is 0 Å². The van der Waals surface area contributed by atoms with Crippen molar-refractivity contribution in [3.8, 4) is 0 Å². The highest BCUT2D eigenvalue weighted by molar-refractivity contribution is 5.24. The van der Waals surface area contributed by atoms with Crippen molar-refractivity contribution in [2.75, 3.05) is 13.1 Å². The molecule has 2 aliphatic carbocycles. The largest absolute Gasteiger partial charge is 0.316 e. The highest BCUT2D eigenvalue weighted by Gasteiger charge is 2.53. The van der Waals surface area contributed by atoms with Crippen LogP contribution in [0, 0.1) is 23.2 Å². The number of fused-ring (bicyclic) bond motifs is 1. The van der Waals surface area contributed by atoms with Gasteiger partial charge in [0, 0.05) is 6.54 Å². The van der Waals surface area contributed by atoms with Crippen LogP contribution in [0.25, 0.3) is 0 Å². The van der Waals surface area contributed by atoms with Gasteiger partial charge in [-0.25, -0.2) is 0 Å². The van der Waals surface area contributed by atoms with Crippen LogP contribution in [-0.4, -0.2) is 13.1 Å². The first-order valence-corrected chi connectivity index (χ1v) is 8.89. The summed E-state index contributed by atoms with van der Waals surface area (Å²) >= 11 is 0. The average molecular weight is 285 g/mol. The smallest absolute Gasteiger partial charge is 0.00113 e. The Hall–Kier alpha value is -0.820. The molecule has 0 spiro atoms. The van der Waals surface area contributed by atoms with E-state index in [2.05, 4.69) is 50.4 Å². The van der Waals surface area contributed by atoms with E-state index >= 15 is 0 Å². The Labute approximate surface area is 130 Å². The Bertz CT molecular complexity index is 449. The molecular formula is C20H31N. The molecule has 0 bridgehead atoms. The molecule has 0 heterocycles. The molecule has 0 saturated heterocycles. The van der Waals surface area contributed by atoms with E-state index in [1.807, 2.05) is 0 Å². The molecule has 0 radical (unpaired) electrons. The summed E-state index contributed by atoms with van der Waals surface area (Å²) in [5.74, 6) is 2.86. The minimum Gasteiger partial charge on any atom is -0.316 e. The Morgan fingerprint density at radius 3 is 2.29 bits per heavy atom. The minimum atomic E-state index is 0.538. The molecule has 1 heteroatoms. The van der Waals surface area contributed by atoms with E-state index in [1.165, 1.54) is 37.8 Å². The molecule has 1 aromatic rings. The lowest BCUT2D eigenvalue weighted by atomic mass is 9.77. The first-order chi connectivity index (χ1) is 10.1. The number of hydrogen-bond donors (Lipinski definition) is 1. The van der Waals surface area contributed by atoms with E-state index in [0.717, 1.165) is 30.7 Å². The minimum absolute atomic E-state index is 0.538. The van der Waals surface area contributed by atoms with Gasteiger partial charge in [-0.05, 0) is 72.9 Å². The molecule has 0 aromatic heterocycles. The average Bonchev–Trinajstić information content (AvgIpc) is 3.07. The van der Waals surface area contributed by atoms with E-state index in [4.69, 9.17) is 0 Å². The fourth-order valence-electron chi connectivity index (χ4n) is 4.31. The lowest BCUT2D eigenvalue weighted by Crippen LogP contribution is -2.36. The molecule has 3 rings (SSSR count). The third-order valence-corrected chi connectivity index (χ3v) is 5.52. The van der Waals surface area contributed by atoms with Gasteiger partial charge in [-0.1, -0.05) is 45.0 Å². The first kappa shape index (κ1) is 15.1. The van der Waals surface area contributed by atoms with Crippen LogP contribution >= 0.6 is 0 Å². The molecule has 0 amide bonds. The fraction of sp³-hybridized carbons (Fsp3) is 0.700. The maximum Gasteiger partial charge on any atom is 0.00113 e. The maximum absolute atomic E-state index is 3.75. The van der Waals surface area contributed by atoms with E-state index in [1.54, 1.807) is 5.56 Å². The second-order valence-electron chi connectivity index (χ2n) is 8.04. The molecule has 2 aliphatic rings. The molecule has 0 aliphatic heterocycles. The molecule has 2 unspecified atom stereocenters. The van der Waals surface area contributed by atoms with Crippen LogP contribution in [0.3, 0.4) is 0 Å². The van der Waals surface area contributed by atoms with Crippen molar-refractivity contribution in [3.63, 3.8) is 0 Å². The highest BCUT2D eigenvalue weighted by Crippen LogP contribution is 2.60. The molecule has 2 saturated carbocycles. The number of benzene rings is 1. The van der Waals surface area contributed by atoms with Crippen molar-refractivity contribution in [3.05, 3.63) is 35.4 Å². The van der Waals surface area contributed by atoms with E-state index in [-0.39, 0.29) is 0 Å². The summed E-state index contributed by atoms with van der Waals surface area (Å²) in [5, 5.41) is 3.75. The molecule has 116 valence electrons. The topological polar surface area (TPSA) is 12.0 Å². The Morgan fingerprint density at radius 1 is 1.10 bits per heavy atom. The summed E-state index contributed by atoms with van der Waals surface area (Å²) in [5.41, 5.74) is 3.54. The normalized spacial score (nSPS) is 30.7. The zero-order valence-corrected chi connectivity index (χ0v) is 14.0. The summed E-state index contributed by atoms with van der Waals surface area (Å²) in [6.07, 6.45) is 6.85. The summed E-state index contributed by atoms with van der Waals surface area (Å²) < 4.78 is 0. The van der Waals surface area contributed by atoms with Crippen molar-refractivity contribution in [1.82, 2.24) is 5.32 Å². The standard InChI is InChI=1S/C20H31N/c1-4-16-5-7-17(8-6-16)10-20(14-21-13-15(2)3)11-18-9-19(18)12-20/h5-8,15,18-19,21H,4,9-14H2,1-3H3. The van der Waals surface area contributed by atoms with Crippen LogP contribution in [0.1, 0.15) is 51.2 Å². The molecule has 1 N–H and O–H groups in total. The van der Waals surface area contributed by atoms with Gasteiger partial charge in [0.2, 0.25) is 0 Å². The third kappa shape index (κ3) is 3.69. The van der Waals surface area contributed by atoms with Crippen LogP contribution in [0.15, 0.2) is 24.3 Å². The van der Waals surface area contributed by atoms with Gasteiger partial charge in [0.05, 0.1) is 0 Å². The van der Waals surface area contributed by atoms with Gasteiger partial charge in [-0.2, -0.15) is 0 Å². The lowest BCUT2D eigenvalue weighted by Gasteiger charge is -2.32. The number of nitrogens with one attached hydrogen (secondary N) is 1. The quantitative estimate of drug-likeness (QED) is 0.780. The van der Waals surface area contributed by atoms with Crippen molar-refractivity contribution in [2.24, 2.45) is 23.2 Å². The van der Waals surface area contributed by atoms with Crippen LogP contribution in [0.2, 0.25) is 0 Å². The number of hydrogen-bond acceptors (Lipinski definition) is 1. The molecule has 2 atom stereocenters. The molecule has 2 fully saturated rings. The van der Waals surface area contributed by atoms with Gasteiger partial charge >= 0.3 is 0 Å². The van der Waals surface area contributed by atoms with Gasteiger partial charge in [0.1, 0.15) is 0 Å². The summed E-state index contributed by atoms with van der Waals surface area (Å²) in [7, 11) is 0. The van der Waals surface area contributed by atoms with Crippen molar-refractivity contribution in [2.45, 2.75) is 52.9 Å². The van der Waals surface area contributed by atoms with E-state index < -0.39 is 0 Å². The predicted octanol–water partition coefficient (Wildman–Crippen LogP) is 4.45. The van der Waals surface area contributed by atoms with Crippen LogP contribution in [-0.2, 0) is 12.8 Å². The molecular weight excluding hydrogens is 254 g/mol. The summed E-state index contributed by atoms with van der Waals surface area (Å²) in [4.78, 5) is 0. The fourth-order valence-corrected chi connectivity index (χ4v) is 4.31. The second kappa shape index (κ2) is 6.12. The maximum atomic E-state index is 3.75. The van der Waals surface area contributed by atoms with Crippen LogP contribution in [0.4, 0.5) is 0 Å². The summed E-state index contributed by atoms with van der Waals surface area (Å²) in [6.45, 7) is 9.21. The zero-order valence-electron chi connectivity index (χ0n) is 14.0. The van der Waals surface area contributed by atoms with Crippen molar-refractivity contribution < 1.29 is 0 Å². The Balaban J connectivity index is 1.64. The first-order valence-electron chi connectivity index (χ1n) is 8.89. The van der Waals surface area contributed by atoms with E-state index in [0.29, 0.717) is 5.41 Å². The number of aryl methyl sites for hydroxylation is 1. The Morgan fingerprint density at radius 2 is 1.71 bits per heavy atom. The van der Waals surface area contributed by atoms with Gasteiger partial charge in [0.15, 0.2) is 0 Å². The molecule has 21 heavy (non-hydrogen) atoms. The molecule has 1 nitrogen and oxygen atoms in total. The van der Waals surface area contributed by atoms with Gasteiger partial charge < -0.3 is 5.32 Å². The van der Waals surface area contributed by atoms with Gasteiger partial charge in [0.25, 0.3) is 0 Å². The van der Waals surface area contributed by atoms with E-state index in [9.17, 15) is 0 Å². The number of rotatable bonds is 7. The van der Waals surface area contributed by atoms with Gasteiger partial charge in [-0.3, -0.25) is 0 Å². The lowest BCUT2D eigenvalue weighted by molar-refractivity contribution is 0.245. The summed E-state index contributed by atoms with van der Waals surface area (Å²) in [6, 6.07) is 9.38. The van der Waals surface area contributed by atoms with Crippen molar-refractivity contribution in [1.29, 1.82) is 0 Å². The predicted molar refractivity (Wildman–Crippen MR) is 90.5 cm³/mol. The highest BCUT2D eigenvalue weighted by atomic mass is 14.9. The Kier molecular flexibility index (Phi) is 4.40. The second-order valence-corrected chi connectivity index (χ2v) is 8.04. The SMILES string of the molecule is CCc1ccc(CC2(CNCC(C)C)CC3CC3C2)cc1. The zero-order chi connectivity index (χ0) is 14.9. The van der Waals surface area contributed by atoms with Crippen LogP contribution in [0.5, 0.6) is 0 Å². The van der Waals surface area contributed by atoms with Crippen LogP contribution < -0.4 is 5.32 Å². The third-order valence-electron chi connectivity index (χ3n) is 5.52. The monoisotopic (exact) mass is 285 g/mol. The molecule has 1 aromatic carbocycles.